The van der Waals surface area contributed by atoms with E-state index in [1.165, 1.54) is 4.31 Å². The molecule has 0 spiro atoms. The van der Waals surface area contributed by atoms with Crippen molar-refractivity contribution in [1.82, 2.24) is 14.5 Å². The number of rotatable bonds is 8. The number of piperidine rings is 1. The third kappa shape index (κ3) is 4.64. The molecule has 0 unspecified atom stereocenters. The van der Waals surface area contributed by atoms with Crippen molar-refractivity contribution in [1.29, 1.82) is 0 Å². The number of sulfonamides is 1. The summed E-state index contributed by atoms with van der Waals surface area (Å²) < 4.78 is 26.6. The van der Waals surface area contributed by atoms with Gasteiger partial charge in [0.05, 0.1) is 4.90 Å². The smallest absolute Gasteiger partial charge is 0.254 e. The molecule has 1 heterocycles. The minimum absolute atomic E-state index is 0.00876. The molecule has 1 aliphatic heterocycles. The van der Waals surface area contributed by atoms with Crippen LogP contribution in [-0.2, 0) is 10.0 Å². The standard InChI is InChI=1S/C19H31N3O3S/c1-4-15-22(17-11-13-20-14-12-17)19(23)16-7-9-18(10-8-16)26(24,25)21(5-2)6-3/h7-10,17,20H,4-6,11-15H2,1-3H3. The molecule has 1 aliphatic rings. The minimum atomic E-state index is -3.49. The van der Waals surface area contributed by atoms with Gasteiger partial charge in [0.1, 0.15) is 0 Å². The molecule has 1 saturated heterocycles. The van der Waals surface area contributed by atoms with Crippen molar-refractivity contribution in [3.8, 4) is 0 Å². The van der Waals surface area contributed by atoms with Crippen molar-refractivity contribution in [2.45, 2.75) is 51.0 Å². The molecule has 1 amide bonds. The average molecular weight is 382 g/mol. The second-order valence-corrected chi connectivity index (χ2v) is 8.53. The van der Waals surface area contributed by atoms with Gasteiger partial charge in [-0.3, -0.25) is 4.79 Å². The summed E-state index contributed by atoms with van der Waals surface area (Å²) >= 11 is 0. The molecule has 7 heteroatoms. The molecule has 0 aromatic heterocycles. The molecule has 1 N–H and O–H groups in total. The van der Waals surface area contributed by atoms with Crippen LogP contribution in [0.4, 0.5) is 0 Å². The van der Waals surface area contributed by atoms with Gasteiger partial charge in [-0.2, -0.15) is 4.31 Å². The summed E-state index contributed by atoms with van der Waals surface area (Å²) in [5.41, 5.74) is 0.551. The molecule has 0 saturated carbocycles. The summed E-state index contributed by atoms with van der Waals surface area (Å²) in [4.78, 5) is 15.2. The Morgan fingerprint density at radius 3 is 2.15 bits per heavy atom. The zero-order chi connectivity index (χ0) is 19.2. The third-order valence-corrected chi connectivity index (χ3v) is 6.98. The average Bonchev–Trinajstić information content (AvgIpc) is 2.67. The number of carbonyl (C=O) groups is 1. The Bertz CT molecular complexity index is 678. The highest BCUT2D eigenvalue weighted by Crippen LogP contribution is 2.20. The number of hydrogen-bond donors (Lipinski definition) is 1. The van der Waals surface area contributed by atoms with Crippen LogP contribution in [-0.4, -0.2) is 62.3 Å². The summed E-state index contributed by atoms with van der Waals surface area (Å²) in [5, 5.41) is 3.33. The summed E-state index contributed by atoms with van der Waals surface area (Å²) in [6.07, 6.45) is 2.82. The highest BCUT2D eigenvalue weighted by Gasteiger charge is 2.26. The van der Waals surface area contributed by atoms with Crippen LogP contribution in [0.1, 0.15) is 50.4 Å². The SMILES string of the molecule is CCCN(C(=O)c1ccc(S(=O)(=O)N(CC)CC)cc1)C1CCNCC1. The fraction of sp³-hybridized carbons (Fsp3) is 0.632. The van der Waals surface area contributed by atoms with E-state index in [-0.39, 0.29) is 16.8 Å². The number of nitrogens with one attached hydrogen (secondary N) is 1. The molecule has 0 atom stereocenters. The molecule has 0 bridgehead atoms. The molecule has 6 nitrogen and oxygen atoms in total. The van der Waals surface area contributed by atoms with Crippen LogP contribution < -0.4 is 5.32 Å². The zero-order valence-electron chi connectivity index (χ0n) is 16.1. The van der Waals surface area contributed by atoms with E-state index in [2.05, 4.69) is 12.2 Å². The molecule has 1 fully saturated rings. The Kier molecular flexibility index (Phi) is 7.61. The summed E-state index contributed by atoms with van der Waals surface area (Å²) in [5.74, 6) is -0.00876. The van der Waals surface area contributed by atoms with Crippen LogP contribution in [0.15, 0.2) is 29.2 Å². The first-order valence-electron chi connectivity index (χ1n) is 9.57. The minimum Gasteiger partial charge on any atom is -0.336 e. The second kappa shape index (κ2) is 9.48. The number of hydrogen-bond acceptors (Lipinski definition) is 4. The fourth-order valence-corrected chi connectivity index (χ4v) is 4.92. The van der Waals surface area contributed by atoms with Gasteiger partial charge >= 0.3 is 0 Å². The molecule has 0 radical (unpaired) electrons. The van der Waals surface area contributed by atoms with Gasteiger partial charge in [0.25, 0.3) is 5.91 Å². The van der Waals surface area contributed by atoms with Gasteiger partial charge in [0, 0.05) is 31.2 Å². The molecule has 0 aliphatic carbocycles. The normalized spacial score (nSPS) is 16.0. The Labute approximate surface area is 157 Å². The van der Waals surface area contributed by atoms with Gasteiger partial charge in [-0.1, -0.05) is 20.8 Å². The Morgan fingerprint density at radius 1 is 1.08 bits per heavy atom. The Morgan fingerprint density at radius 2 is 1.65 bits per heavy atom. The third-order valence-electron chi connectivity index (χ3n) is 4.92. The lowest BCUT2D eigenvalue weighted by molar-refractivity contribution is 0.0642. The Hall–Kier alpha value is -1.44. The largest absolute Gasteiger partial charge is 0.336 e. The van der Waals surface area contributed by atoms with E-state index in [0.717, 1.165) is 38.9 Å². The summed E-state index contributed by atoms with van der Waals surface area (Å²) in [6, 6.07) is 6.63. The van der Waals surface area contributed by atoms with E-state index in [1.54, 1.807) is 24.3 Å². The second-order valence-electron chi connectivity index (χ2n) is 6.59. The maximum Gasteiger partial charge on any atom is 0.254 e. The highest BCUT2D eigenvalue weighted by atomic mass is 32.2. The van der Waals surface area contributed by atoms with E-state index in [9.17, 15) is 13.2 Å². The molecular formula is C19H31N3O3S. The first kappa shape index (κ1) is 20.9. The first-order chi connectivity index (χ1) is 12.5. The Balaban J connectivity index is 2.21. The number of nitrogens with zero attached hydrogens (tertiary/aromatic N) is 2. The van der Waals surface area contributed by atoms with Crippen LogP contribution in [0.2, 0.25) is 0 Å². The van der Waals surface area contributed by atoms with Crippen LogP contribution in [0.3, 0.4) is 0 Å². The number of benzene rings is 1. The molecule has 26 heavy (non-hydrogen) atoms. The molecule has 1 aromatic rings. The zero-order valence-corrected chi connectivity index (χ0v) is 16.9. The predicted molar refractivity (Wildman–Crippen MR) is 104 cm³/mol. The van der Waals surface area contributed by atoms with Crippen molar-refractivity contribution in [2.75, 3.05) is 32.7 Å². The van der Waals surface area contributed by atoms with Crippen LogP contribution in [0.5, 0.6) is 0 Å². The number of carbonyl (C=O) groups excluding carboxylic acids is 1. The lowest BCUT2D eigenvalue weighted by Gasteiger charge is -2.34. The van der Waals surface area contributed by atoms with Crippen molar-refractivity contribution >= 4 is 15.9 Å². The van der Waals surface area contributed by atoms with Gasteiger partial charge < -0.3 is 10.2 Å². The predicted octanol–water partition coefficient (Wildman–Crippen LogP) is 2.32. The van der Waals surface area contributed by atoms with E-state index in [4.69, 9.17) is 0 Å². The van der Waals surface area contributed by atoms with Gasteiger partial charge in [0.2, 0.25) is 10.0 Å². The van der Waals surface area contributed by atoms with Crippen molar-refractivity contribution < 1.29 is 13.2 Å². The van der Waals surface area contributed by atoms with Crippen molar-refractivity contribution in [2.24, 2.45) is 0 Å². The molecular weight excluding hydrogens is 350 g/mol. The quantitative estimate of drug-likeness (QED) is 0.750. The van der Waals surface area contributed by atoms with Crippen LogP contribution in [0, 0.1) is 0 Å². The topological polar surface area (TPSA) is 69.7 Å². The molecule has 1 aromatic carbocycles. The van der Waals surface area contributed by atoms with Crippen molar-refractivity contribution in [3.63, 3.8) is 0 Å². The van der Waals surface area contributed by atoms with E-state index in [0.29, 0.717) is 18.7 Å². The summed E-state index contributed by atoms with van der Waals surface area (Å²) in [7, 11) is -3.49. The van der Waals surface area contributed by atoms with E-state index < -0.39 is 10.0 Å². The van der Waals surface area contributed by atoms with Gasteiger partial charge in [-0.05, 0) is 56.6 Å². The van der Waals surface area contributed by atoms with Crippen molar-refractivity contribution in [3.05, 3.63) is 29.8 Å². The summed E-state index contributed by atoms with van der Waals surface area (Å²) in [6.45, 7) is 9.16. The fourth-order valence-electron chi connectivity index (χ4n) is 3.46. The highest BCUT2D eigenvalue weighted by molar-refractivity contribution is 7.89. The maximum atomic E-state index is 13.0. The van der Waals surface area contributed by atoms with E-state index >= 15 is 0 Å². The van der Waals surface area contributed by atoms with Gasteiger partial charge in [-0.15, -0.1) is 0 Å². The molecule has 146 valence electrons. The van der Waals surface area contributed by atoms with E-state index in [1.807, 2.05) is 18.7 Å². The van der Waals surface area contributed by atoms with Gasteiger partial charge in [0.15, 0.2) is 0 Å². The lowest BCUT2D eigenvalue weighted by atomic mass is 10.0. The number of amides is 1. The lowest BCUT2D eigenvalue weighted by Crippen LogP contribution is -2.46. The monoisotopic (exact) mass is 381 g/mol. The van der Waals surface area contributed by atoms with Crippen LogP contribution >= 0.6 is 0 Å². The first-order valence-corrected chi connectivity index (χ1v) is 11.0. The van der Waals surface area contributed by atoms with Crippen LogP contribution in [0.25, 0.3) is 0 Å². The molecule has 2 rings (SSSR count). The van der Waals surface area contributed by atoms with Gasteiger partial charge in [-0.25, -0.2) is 8.42 Å². The maximum absolute atomic E-state index is 13.0.